The van der Waals surface area contributed by atoms with Crippen LogP contribution in [0.3, 0.4) is 0 Å². The van der Waals surface area contributed by atoms with Crippen LogP contribution in [0.2, 0.25) is 0 Å². The van der Waals surface area contributed by atoms with Crippen LogP contribution in [0.1, 0.15) is 24.1 Å². The van der Waals surface area contributed by atoms with Gasteiger partial charge in [0.05, 0.1) is 16.8 Å². The predicted molar refractivity (Wildman–Crippen MR) is 63.0 cm³/mol. The molecule has 1 aromatic carbocycles. The first-order chi connectivity index (χ1) is 8.34. The summed E-state index contributed by atoms with van der Waals surface area (Å²) < 4.78 is 41.4. The Morgan fingerprint density at radius 1 is 1.22 bits per heavy atom. The number of aryl methyl sites for hydroxylation is 1. The second kappa shape index (κ2) is 3.29. The number of alkyl halides is 3. The zero-order valence-electron chi connectivity index (χ0n) is 9.88. The van der Waals surface area contributed by atoms with Gasteiger partial charge in [-0.1, -0.05) is 18.2 Å². The third-order valence-electron chi connectivity index (χ3n) is 3.65. The summed E-state index contributed by atoms with van der Waals surface area (Å²) in [6.45, 7) is 0. The van der Waals surface area contributed by atoms with Crippen LogP contribution >= 0.6 is 0 Å². The Morgan fingerprint density at radius 3 is 2.39 bits per heavy atom. The summed E-state index contributed by atoms with van der Waals surface area (Å²) in [6, 6.07) is 6.56. The maximum absolute atomic E-state index is 13.3. The van der Waals surface area contributed by atoms with Gasteiger partial charge in [0.15, 0.2) is 0 Å². The number of hydrogen-bond acceptors (Lipinski definition) is 1. The van der Waals surface area contributed by atoms with Gasteiger partial charge in [-0.15, -0.1) is 0 Å². The predicted octanol–water partition coefficient (Wildman–Crippen LogP) is 3.14. The van der Waals surface area contributed by atoms with Gasteiger partial charge in [0.1, 0.15) is 0 Å². The molecular formula is C13H13F3N2. The summed E-state index contributed by atoms with van der Waals surface area (Å²) >= 11 is 0. The normalized spacial score (nSPS) is 18.3. The van der Waals surface area contributed by atoms with Gasteiger partial charge in [-0.25, -0.2) is 0 Å². The summed E-state index contributed by atoms with van der Waals surface area (Å²) in [6.07, 6.45) is -3.15. The molecule has 96 valence electrons. The molecule has 0 atom stereocenters. The molecule has 0 radical (unpaired) electrons. The van der Waals surface area contributed by atoms with E-state index in [0.717, 1.165) is 0 Å². The Labute approximate surface area is 102 Å². The van der Waals surface area contributed by atoms with Crippen LogP contribution in [0.15, 0.2) is 24.3 Å². The van der Waals surface area contributed by atoms with Gasteiger partial charge < -0.3 is 10.3 Å². The van der Waals surface area contributed by atoms with Crippen molar-refractivity contribution in [3.05, 3.63) is 35.5 Å². The summed E-state index contributed by atoms with van der Waals surface area (Å²) in [5, 5.41) is 0.235. The van der Waals surface area contributed by atoms with Gasteiger partial charge in [-0.2, -0.15) is 13.2 Å². The van der Waals surface area contributed by atoms with Crippen LogP contribution in [0.25, 0.3) is 10.9 Å². The largest absolute Gasteiger partial charge is 0.418 e. The molecule has 1 fully saturated rings. The van der Waals surface area contributed by atoms with E-state index in [1.54, 1.807) is 29.8 Å². The van der Waals surface area contributed by atoms with E-state index in [2.05, 4.69) is 0 Å². The highest BCUT2D eigenvalue weighted by molar-refractivity contribution is 5.86. The molecule has 0 bridgehead atoms. The van der Waals surface area contributed by atoms with Crippen LogP contribution < -0.4 is 5.73 Å². The smallest absolute Gasteiger partial charge is 0.345 e. The molecular weight excluding hydrogens is 241 g/mol. The topological polar surface area (TPSA) is 30.9 Å². The van der Waals surface area contributed by atoms with Crippen molar-refractivity contribution < 1.29 is 13.2 Å². The van der Waals surface area contributed by atoms with Gasteiger partial charge >= 0.3 is 6.18 Å². The van der Waals surface area contributed by atoms with Crippen molar-refractivity contribution >= 4 is 10.9 Å². The van der Waals surface area contributed by atoms with Gasteiger partial charge in [0.2, 0.25) is 0 Å². The van der Waals surface area contributed by atoms with Crippen molar-refractivity contribution in [2.75, 3.05) is 0 Å². The number of para-hydroxylation sites is 1. The number of hydrogen-bond donors (Lipinski definition) is 1. The standard InChI is InChI=1S/C13H13F3N2/c1-18-9-5-3-2-4-8(9)10(13(14,15)16)11(18)12(17)6-7-12/h2-5H,6-7,17H2,1H3. The Hall–Kier alpha value is -1.49. The van der Waals surface area contributed by atoms with Crippen LogP contribution in [0, 0.1) is 0 Å². The second-order valence-electron chi connectivity index (χ2n) is 4.95. The first-order valence-corrected chi connectivity index (χ1v) is 5.78. The summed E-state index contributed by atoms with van der Waals surface area (Å²) in [5.41, 5.74) is 5.43. The lowest BCUT2D eigenvalue weighted by Gasteiger charge is -2.16. The Morgan fingerprint density at radius 2 is 1.83 bits per heavy atom. The molecule has 0 amide bonds. The highest BCUT2D eigenvalue weighted by Crippen LogP contribution is 2.50. The van der Waals surface area contributed by atoms with Crippen molar-refractivity contribution in [3.63, 3.8) is 0 Å². The van der Waals surface area contributed by atoms with Gasteiger partial charge in [-0.05, 0) is 18.9 Å². The molecule has 1 aromatic heterocycles. The minimum atomic E-state index is -4.37. The van der Waals surface area contributed by atoms with Crippen molar-refractivity contribution in [2.24, 2.45) is 12.8 Å². The fraction of sp³-hybridized carbons (Fsp3) is 0.385. The van der Waals surface area contributed by atoms with E-state index >= 15 is 0 Å². The molecule has 3 rings (SSSR count). The number of nitrogens with two attached hydrogens (primary N) is 1. The molecule has 1 aliphatic rings. The van der Waals surface area contributed by atoms with Crippen molar-refractivity contribution in [2.45, 2.75) is 24.6 Å². The maximum Gasteiger partial charge on any atom is 0.418 e. The van der Waals surface area contributed by atoms with Gasteiger partial charge in [-0.3, -0.25) is 0 Å². The van der Waals surface area contributed by atoms with Crippen LogP contribution in [-0.2, 0) is 18.8 Å². The Kier molecular flexibility index (Phi) is 2.12. The molecule has 2 aromatic rings. The van der Waals surface area contributed by atoms with E-state index in [4.69, 9.17) is 5.73 Å². The molecule has 18 heavy (non-hydrogen) atoms. The van der Waals surface area contributed by atoms with Crippen LogP contribution in [0.5, 0.6) is 0 Å². The van der Waals surface area contributed by atoms with Crippen molar-refractivity contribution in [1.82, 2.24) is 4.57 Å². The first-order valence-electron chi connectivity index (χ1n) is 5.78. The van der Waals surface area contributed by atoms with E-state index in [1.165, 1.54) is 6.07 Å². The van der Waals surface area contributed by atoms with Crippen molar-refractivity contribution in [3.8, 4) is 0 Å². The minimum Gasteiger partial charge on any atom is -0.345 e. The quantitative estimate of drug-likeness (QED) is 0.832. The third kappa shape index (κ3) is 1.47. The second-order valence-corrected chi connectivity index (χ2v) is 4.95. The molecule has 0 unspecified atom stereocenters. The van der Waals surface area contributed by atoms with Gasteiger partial charge in [0.25, 0.3) is 0 Å². The van der Waals surface area contributed by atoms with E-state index < -0.39 is 17.3 Å². The summed E-state index contributed by atoms with van der Waals surface area (Å²) in [5.74, 6) is 0. The molecule has 0 saturated heterocycles. The molecule has 1 heterocycles. The van der Waals surface area contributed by atoms with E-state index in [0.29, 0.717) is 18.4 Å². The zero-order valence-corrected chi connectivity index (χ0v) is 9.88. The minimum absolute atomic E-state index is 0.219. The maximum atomic E-state index is 13.3. The van der Waals surface area contributed by atoms with Gasteiger partial charge in [0, 0.05) is 18.0 Å². The molecule has 2 N–H and O–H groups in total. The fourth-order valence-corrected chi connectivity index (χ4v) is 2.63. The Bertz CT molecular complexity index is 621. The lowest BCUT2D eigenvalue weighted by molar-refractivity contribution is -0.137. The number of halogens is 3. The summed E-state index contributed by atoms with van der Waals surface area (Å²) in [7, 11) is 1.65. The summed E-state index contributed by atoms with van der Waals surface area (Å²) in [4.78, 5) is 0. The van der Waals surface area contributed by atoms with E-state index in [1.807, 2.05) is 0 Å². The molecule has 1 aliphatic carbocycles. The number of benzene rings is 1. The molecule has 0 aliphatic heterocycles. The van der Waals surface area contributed by atoms with E-state index in [-0.39, 0.29) is 11.1 Å². The lowest BCUT2D eigenvalue weighted by Crippen LogP contribution is -2.26. The SMILES string of the molecule is Cn1c(C2(N)CC2)c(C(F)(F)F)c2ccccc21. The average molecular weight is 254 g/mol. The zero-order chi connectivity index (χ0) is 13.1. The number of rotatable bonds is 1. The van der Waals surface area contributed by atoms with Crippen molar-refractivity contribution in [1.29, 1.82) is 0 Å². The monoisotopic (exact) mass is 254 g/mol. The lowest BCUT2D eigenvalue weighted by atomic mass is 10.0. The fourth-order valence-electron chi connectivity index (χ4n) is 2.63. The molecule has 0 spiro atoms. The number of aromatic nitrogens is 1. The molecule has 2 nitrogen and oxygen atoms in total. The molecule has 5 heteroatoms. The van der Waals surface area contributed by atoms with E-state index in [9.17, 15) is 13.2 Å². The molecule has 1 saturated carbocycles. The Balaban J connectivity index is 2.43. The first kappa shape index (κ1) is 11.6. The number of fused-ring (bicyclic) bond motifs is 1. The number of nitrogens with zero attached hydrogens (tertiary/aromatic N) is 1. The van der Waals surface area contributed by atoms with Crippen LogP contribution in [0.4, 0.5) is 13.2 Å². The highest BCUT2D eigenvalue weighted by Gasteiger charge is 2.50. The highest BCUT2D eigenvalue weighted by atomic mass is 19.4. The van der Waals surface area contributed by atoms with Crippen LogP contribution in [-0.4, -0.2) is 4.57 Å². The third-order valence-corrected chi connectivity index (χ3v) is 3.65. The average Bonchev–Trinajstić information content (AvgIpc) is 2.94.